The number of rotatable bonds is 3. The summed E-state index contributed by atoms with van der Waals surface area (Å²) in [6, 6.07) is 58.8. The molecular weight excluding hydrogens is 669 g/mol. The number of para-hydroxylation sites is 4. The number of hydrogen-bond acceptors (Lipinski definition) is 2. The van der Waals surface area contributed by atoms with E-state index in [0.717, 1.165) is 45.9 Å². The monoisotopic (exact) mass is 708 g/mol. The lowest BCUT2D eigenvalue weighted by atomic mass is 9.41. The minimum absolute atomic E-state index is 0.106. The highest BCUT2D eigenvalue weighted by Crippen LogP contribution is 2.69. The molecule has 3 heteroatoms. The number of fused-ring (bicyclic) bond motifs is 8. The van der Waals surface area contributed by atoms with Crippen molar-refractivity contribution in [2.75, 3.05) is 4.90 Å². The van der Waals surface area contributed by atoms with Gasteiger partial charge in [-0.2, -0.15) is 0 Å². The van der Waals surface area contributed by atoms with E-state index in [1.807, 2.05) is 6.07 Å². The quantitative estimate of drug-likeness (QED) is 0.182. The third kappa shape index (κ3) is 4.01. The lowest BCUT2D eigenvalue weighted by Gasteiger charge is -2.64. The second kappa shape index (κ2) is 11.0. The fourth-order valence-corrected chi connectivity index (χ4v) is 12.6. The average Bonchev–Trinajstić information content (AvgIpc) is 3.78. The maximum atomic E-state index is 6.29. The van der Waals surface area contributed by atoms with E-state index in [-0.39, 0.29) is 5.41 Å². The van der Waals surface area contributed by atoms with E-state index >= 15 is 0 Å². The van der Waals surface area contributed by atoms with Gasteiger partial charge in [-0.15, -0.1) is 0 Å². The van der Waals surface area contributed by atoms with Crippen molar-refractivity contribution in [1.29, 1.82) is 0 Å². The average molecular weight is 709 g/mol. The Bertz CT molecular complexity index is 2960. The zero-order valence-corrected chi connectivity index (χ0v) is 30.7. The SMILES string of the molecule is c1cc(-c2cccc3oc4ccccc4c23)cc(-n2c3ccccc3c3cc(N4c5ccccc5C5(c6ccccc64)C4CC6CC(C4)CC5C6)ccc32)c1. The molecule has 0 radical (unpaired) electrons. The van der Waals surface area contributed by atoms with Gasteiger partial charge in [-0.25, -0.2) is 0 Å². The van der Waals surface area contributed by atoms with Gasteiger partial charge in [0.05, 0.1) is 22.4 Å². The summed E-state index contributed by atoms with van der Waals surface area (Å²) in [6.45, 7) is 0. The highest BCUT2D eigenvalue weighted by atomic mass is 16.3. The van der Waals surface area contributed by atoms with E-state index in [9.17, 15) is 0 Å². The molecule has 5 aliphatic rings. The van der Waals surface area contributed by atoms with Gasteiger partial charge in [0.15, 0.2) is 0 Å². The predicted octanol–water partition coefficient (Wildman–Crippen LogP) is 13.9. The number of anilines is 3. The van der Waals surface area contributed by atoms with Crippen molar-refractivity contribution in [1.82, 2.24) is 4.57 Å². The van der Waals surface area contributed by atoms with Gasteiger partial charge in [0.25, 0.3) is 0 Å². The Morgan fingerprint density at radius 3 is 1.89 bits per heavy atom. The first-order chi connectivity index (χ1) is 27.2. The Hall–Kier alpha value is -6.06. The van der Waals surface area contributed by atoms with Crippen LogP contribution in [0.4, 0.5) is 17.1 Å². The molecule has 9 aromatic rings. The summed E-state index contributed by atoms with van der Waals surface area (Å²) in [4.78, 5) is 2.59. The Balaban J connectivity index is 0.991. The minimum atomic E-state index is 0.106. The summed E-state index contributed by atoms with van der Waals surface area (Å²) in [5.74, 6) is 3.29. The maximum absolute atomic E-state index is 6.29. The van der Waals surface area contributed by atoms with Crippen molar-refractivity contribution in [2.24, 2.45) is 23.7 Å². The second-order valence-corrected chi connectivity index (χ2v) is 16.9. The molecule has 3 heterocycles. The van der Waals surface area contributed by atoms with Gasteiger partial charge >= 0.3 is 0 Å². The standard InChI is InChI=1S/C52H40N2O/c1-5-18-45-40(13-1)42-31-38(23-24-46(42)53(45)37-12-9-11-34(30-37)39-15-10-22-50-51(39)41-14-2-8-21-49(41)55-50)54-47-19-6-3-16-43(47)52(44-17-4-7-20-48(44)54)35-26-32-25-33(28-35)29-36(52)27-32/h1-24,30-33,35-36H,25-29H2. The van der Waals surface area contributed by atoms with Crippen LogP contribution in [0.3, 0.4) is 0 Å². The fourth-order valence-electron chi connectivity index (χ4n) is 12.6. The molecule has 264 valence electrons. The van der Waals surface area contributed by atoms with E-state index in [0.29, 0.717) is 0 Å². The normalized spacial score (nSPS) is 21.9. The Morgan fingerprint density at radius 1 is 0.473 bits per heavy atom. The maximum Gasteiger partial charge on any atom is 0.136 e. The van der Waals surface area contributed by atoms with E-state index in [2.05, 4.69) is 161 Å². The summed E-state index contributed by atoms with van der Waals surface area (Å²) in [5.41, 5.74) is 15.0. The van der Waals surface area contributed by atoms with Crippen LogP contribution < -0.4 is 4.90 Å². The molecule has 0 saturated heterocycles. The summed E-state index contributed by atoms with van der Waals surface area (Å²) < 4.78 is 8.74. The Labute approximate surface area is 320 Å². The Kier molecular flexibility index (Phi) is 6.06. The number of nitrogens with zero attached hydrogens (tertiary/aromatic N) is 2. The summed E-state index contributed by atoms with van der Waals surface area (Å²) in [5, 5.41) is 4.85. The first kappa shape index (κ1) is 30.3. The predicted molar refractivity (Wildman–Crippen MR) is 226 cm³/mol. The van der Waals surface area contributed by atoms with Gasteiger partial charge < -0.3 is 13.9 Å². The van der Waals surface area contributed by atoms with Gasteiger partial charge in [-0.1, -0.05) is 97.1 Å². The number of hydrogen-bond donors (Lipinski definition) is 0. The van der Waals surface area contributed by atoms with Gasteiger partial charge in [0.2, 0.25) is 0 Å². The lowest BCUT2D eigenvalue weighted by molar-refractivity contribution is -0.0419. The van der Waals surface area contributed by atoms with Crippen LogP contribution in [0.5, 0.6) is 0 Å². The smallest absolute Gasteiger partial charge is 0.136 e. The van der Waals surface area contributed by atoms with Crippen LogP contribution >= 0.6 is 0 Å². The highest BCUT2D eigenvalue weighted by molar-refractivity contribution is 6.13. The molecule has 2 aromatic heterocycles. The molecule has 4 fully saturated rings. The number of furan rings is 1. The minimum Gasteiger partial charge on any atom is -0.456 e. The summed E-state index contributed by atoms with van der Waals surface area (Å²) >= 11 is 0. The van der Waals surface area contributed by atoms with Gasteiger partial charge in [0, 0.05) is 38.3 Å². The third-order valence-electron chi connectivity index (χ3n) is 14.3. The third-order valence-corrected chi connectivity index (χ3v) is 14.3. The molecule has 1 spiro atoms. The lowest BCUT2D eigenvalue weighted by Crippen LogP contribution is -2.57. The van der Waals surface area contributed by atoms with Crippen LogP contribution in [0.25, 0.3) is 60.6 Å². The first-order valence-corrected chi connectivity index (χ1v) is 20.3. The molecule has 0 amide bonds. The van der Waals surface area contributed by atoms with Crippen LogP contribution in [-0.4, -0.2) is 4.57 Å². The molecular formula is C52H40N2O. The molecule has 55 heavy (non-hydrogen) atoms. The molecule has 4 aliphatic carbocycles. The van der Waals surface area contributed by atoms with Gasteiger partial charge in [0.1, 0.15) is 11.2 Å². The molecule has 0 atom stereocenters. The molecule has 1 aliphatic heterocycles. The van der Waals surface area contributed by atoms with Gasteiger partial charge in [-0.3, -0.25) is 0 Å². The van der Waals surface area contributed by atoms with E-state index in [4.69, 9.17) is 4.42 Å². The fraction of sp³-hybridized carbons (Fsp3) is 0.192. The zero-order valence-electron chi connectivity index (χ0n) is 30.7. The zero-order chi connectivity index (χ0) is 35.8. The van der Waals surface area contributed by atoms with Crippen molar-refractivity contribution in [3.05, 3.63) is 169 Å². The number of benzene rings is 7. The van der Waals surface area contributed by atoms with Crippen molar-refractivity contribution in [3.63, 3.8) is 0 Å². The molecule has 4 saturated carbocycles. The van der Waals surface area contributed by atoms with Crippen LogP contribution in [-0.2, 0) is 5.41 Å². The van der Waals surface area contributed by atoms with E-state index < -0.39 is 0 Å². The van der Waals surface area contributed by atoms with Crippen molar-refractivity contribution in [3.8, 4) is 16.8 Å². The van der Waals surface area contributed by atoms with Crippen LogP contribution in [0.1, 0.15) is 43.2 Å². The largest absolute Gasteiger partial charge is 0.456 e. The molecule has 3 nitrogen and oxygen atoms in total. The van der Waals surface area contributed by atoms with Crippen molar-refractivity contribution < 1.29 is 4.42 Å². The van der Waals surface area contributed by atoms with Crippen LogP contribution in [0.15, 0.2) is 162 Å². The van der Waals surface area contributed by atoms with Crippen LogP contribution in [0.2, 0.25) is 0 Å². The topological polar surface area (TPSA) is 21.3 Å². The highest BCUT2D eigenvalue weighted by Gasteiger charge is 2.61. The van der Waals surface area contributed by atoms with E-state index in [1.54, 1.807) is 11.1 Å². The first-order valence-electron chi connectivity index (χ1n) is 20.3. The molecule has 7 aromatic carbocycles. The second-order valence-electron chi connectivity index (χ2n) is 16.9. The summed E-state index contributed by atoms with van der Waals surface area (Å²) in [6.07, 6.45) is 7.01. The van der Waals surface area contributed by atoms with Crippen molar-refractivity contribution in [2.45, 2.75) is 37.5 Å². The molecule has 0 unspecified atom stereocenters. The summed E-state index contributed by atoms with van der Waals surface area (Å²) in [7, 11) is 0. The van der Waals surface area contributed by atoms with Gasteiger partial charge in [-0.05, 0) is 139 Å². The molecule has 4 bridgehead atoms. The number of aromatic nitrogens is 1. The molecule has 0 N–H and O–H groups in total. The van der Waals surface area contributed by atoms with Crippen molar-refractivity contribution >= 4 is 60.8 Å². The van der Waals surface area contributed by atoms with E-state index in [1.165, 1.54) is 87.5 Å². The molecule has 14 rings (SSSR count). The Morgan fingerprint density at radius 2 is 1.11 bits per heavy atom. The van der Waals surface area contributed by atoms with Crippen LogP contribution in [0, 0.1) is 23.7 Å².